The second-order valence-electron chi connectivity index (χ2n) is 10.2. The van der Waals surface area contributed by atoms with Crippen molar-refractivity contribution in [3.8, 4) is 0 Å². The molecule has 0 aromatic rings. The lowest BCUT2D eigenvalue weighted by molar-refractivity contribution is -0.160. The highest BCUT2D eigenvalue weighted by Gasteiger charge is 2.60. The van der Waals surface area contributed by atoms with Crippen LogP contribution in [0.1, 0.15) is 40.0 Å². The fourth-order valence-electron chi connectivity index (χ4n) is 5.86. The number of hydrogen-bond acceptors (Lipinski definition) is 8. The molecule has 11 heteroatoms. The number of hydrogen-bond donors (Lipinski definition) is 5. The Hall–Kier alpha value is -1.95. The Balaban J connectivity index is 1.36. The first-order chi connectivity index (χ1) is 16.1. The Kier molecular flexibility index (Phi) is 7.37. The van der Waals surface area contributed by atoms with E-state index in [0.717, 1.165) is 11.3 Å². The van der Waals surface area contributed by atoms with Crippen molar-refractivity contribution in [2.75, 3.05) is 19.6 Å². The van der Waals surface area contributed by atoms with Crippen LogP contribution in [0, 0.1) is 17.8 Å². The largest absolute Gasteiger partial charge is 0.477 e. The van der Waals surface area contributed by atoms with Gasteiger partial charge < -0.3 is 36.5 Å². The van der Waals surface area contributed by atoms with Gasteiger partial charge in [-0.05, 0) is 25.7 Å². The molecule has 3 saturated heterocycles. The van der Waals surface area contributed by atoms with Gasteiger partial charge in [-0.3, -0.25) is 9.59 Å². The number of nitrogens with zero attached hydrogens (tertiary/aromatic N) is 1. The fourth-order valence-corrected chi connectivity index (χ4v) is 7.38. The zero-order chi connectivity index (χ0) is 24.7. The third-order valence-electron chi connectivity index (χ3n) is 7.49. The van der Waals surface area contributed by atoms with E-state index in [9.17, 15) is 24.3 Å². The summed E-state index contributed by atoms with van der Waals surface area (Å²) in [7, 11) is 0. The van der Waals surface area contributed by atoms with Crippen LogP contribution in [0.5, 0.6) is 0 Å². The summed E-state index contributed by atoms with van der Waals surface area (Å²) in [6.45, 7) is 7.24. The molecule has 8 atom stereocenters. The van der Waals surface area contributed by atoms with Crippen molar-refractivity contribution in [2.24, 2.45) is 23.5 Å². The van der Waals surface area contributed by atoms with Gasteiger partial charge in [-0.15, -0.1) is 11.8 Å². The zero-order valence-corrected chi connectivity index (χ0v) is 20.7. The molecular formula is C23H35N5O5S. The quantitative estimate of drug-likeness (QED) is 0.271. The molecule has 0 radical (unpaired) electrons. The molecule has 4 aliphatic rings. The number of rotatable bonds is 9. The van der Waals surface area contributed by atoms with Gasteiger partial charge in [0.1, 0.15) is 11.5 Å². The third kappa shape index (κ3) is 4.75. The van der Waals surface area contributed by atoms with E-state index >= 15 is 0 Å². The van der Waals surface area contributed by atoms with Crippen molar-refractivity contribution in [3.63, 3.8) is 0 Å². The average Bonchev–Trinajstić information content (AvgIpc) is 3.44. The minimum absolute atomic E-state index is 0.00852. The Bertz CT molecular complexity index is 910. The Morgan fingerprint density at radius 2 is 2.00 bits per heavy atom. The number of fused-ring (bicyclic) bond motifs is 1. The molecule has 0 spiro atoms. The molecular weight excluding hydrogens is 458 g/mol. The van der Waals surface area contributed by atoms with Crippen molar-refractivity contribution in [1.29, 1.82) is 0 Å². The van der Waals surface area contributed by atoms with E-state index in [1.807, 2.05) is 13.8 Å². The monoisotopic (exact) mass is 493 g/mol. The molecule has 34 heavy (non-hydrogen) atoms. The molecule has 3 fully saturated rings. The van der Waals surface area contributed by atoms with Gasteiger partial charge in [0.25, 0.3) is 0 Å². The lowest BCUT2D eigenvalue weighted by Crippen LogP contribution is -2.62. The van der Waals surface area contributed by atoms with Crippen LogP contribution in [0.2, 0.25) is 0 Å². The summed E-state index contributed by atoms with van der Waals surface area (Å²) in [6, 6.07) is -0.340. The number of ketones is 1. The Morgan fingerprint density at radius 1 is 1.26 bits per heavy atom. The summed E-state index contributed by atoms with van der Waals surface area (Å²) in [6.07, 6.45) is 1.74. The molecule has 0 unspecified atom stereocenters. The third-order valence-corrected chi connectivity index (χ3v) is 9.00. The molecule has 4 aliphatic heterocycles. The molecule has 188 valence electrons. The van der Waals surface area contributed by atoms with Gasteiger partial charge in [-0.25, -0.2) is 4.79 Å². The van der Waals surface area contributed by atoms with Crippen LogP contribution in [0.4, 0.5) is 0 Å². The summed E-state index contributed by atoms with van der Waals surface area (Å²) < 4.78 is 0. The predicted molar refractivity (Wildman–Crippen MR) is 128 cm³/mol. The average molecular weight is 494 g/mol. The molecule has 4 heterocycles. The van der Waals surface area contributed by atoms with Crippen LogP contribution >= 0.6 is 11.8 Å². The lowest BCUT2D eigenvalue weighted by atomic mass is 9.73. The van der Waals surface area contributed by atoms with E-state index in [0.29, 0.717) is 32.5 Å². The van der Waals surface area contributed by atoms with E-state index in [-0.39, 0.29) is 70.5 Å². The number of nitrogens with two attached hydrogens (primary N) is 1. The predicted octanol–water partition coefficient (Wildman–Crippen LogP) is -0.356. The number of carbonyl (C=O) groups is 4. The first kappa shape index (κ1) is 25.2. The number of carbonyl (C=O) groups excluding carboxylic acids is 3. The van der Waals surface area contributed by atoms with Crippen LogP contribution in [0.25, 0.3) is 0 Å². The lowest BCUT2D eigenvalue weighted by Gasteiger charge is -2.47. The number of β-lactam (4-membered cyclic amide) rings is 1. The molecule has 6 N–H and O–H groups in total. The van der Waals surface area contributed by atoms with E-state index in [1.54, 1.807) is 0 Å². The van der Waals surface area contributed by atoms with Crippen molar-refractivity contribution in [1.82, 2.24) is 20.9 Å². The van der Waals surface area contributed by atoms with E-state index in [4.69, 9.17) is 5.73 Å². The molecule has 0 bridgehead atoms. The van der Waals surface area contributed by atoms with Gasteiger partial charge in [-0.1, -0.05) is 13.8 Å². The van der Waals surface area contributed by atoms with Gasteiger partial charge >= 0.3 is 5.97 Å². The standard InChI is InChI=1S/C23H35N5O5S/c1-10(4-11(2)29)17-18-12(3)20(19(23(32)33)28(18)22(17)31)34-15-6-14(25-9-15)8-27-21(30)16-5-13(24)7-26-16/h10,12-18,25-26H,4-9,24H2,1-3H3,(H,27,30)(H,32,33)/t10-,12+,13-,14-,15-,16-,17+,18+/m0/s1. The second-order valence-corrected chi connectivity index (χ2v) is 11.5. The van der Waals surface area contributed by atoms with Crippen LogP contribution in [0.3, 0.4) is 0 Å². The molecule has 0 aliphatic carbocycles. The SMILES string of the molecule is CC(=O)C[C@H](C)[C@H]1C(=O)N2C(C(=O)O)=C(S[C@@H]3CN[C@H](CNC(=O)[C@@H]4C[C@H](N)CN4)C3)[C@H](C)[C@H]12. The highest BCUT2D eigenvalue weighted by atomic mass is 32.2. The van der Waals surface area contributed by atoms with Gasteiger partial charge in [0, 0.05) is 54.2 Å². The number of carboxylic acids is 1. The molecule has 10 nitrogen and oxygen atoms in total. The van der Waals surface area contributed by atoms with Crippen LogP contribution in [-0.2, 0) is 19.2 Å². The highest BCUT2D eigenvalue weighted by molar-refractivity contribution is 8.03. The number of thioether (sulfide) groups is 1. The summed E-state index contributed by atoms with van der Waals surface area (Å²) in [5.41, 5.74) is 5.95. The van der Waals surface area contributed by atoms with Crippen LogP contribution < -0.4 is 21.7 Å². The molecule has 4 rings (SSSR count). The summed E-state index contributed by atoms with van der Waals surface area (Å²) in [5.74, 6) is -1.81. The number of aliphatic carboxylic acids is 1. The summed E-state index contributed by atoms with van der Waals surface area (Å²) >= 11 is 1.53. The van der Waals surface area contributed by atoms with Crippen molar-refractivity contribution < 1.29 is 24.3 Å². The molecule has 0 saturated carbocycles. The van der Waals surface area contributed by atoms with E-state index in [2.05, 4.69) is 16.0 Å². The van der Waals surface area contributed by atoms with Crippen molar-refractivity contribution in [3.05, 3.63) is 10.6 Å². The highest BCUT2D eigenvalue weighted by Crippen LogP contribution is 2.53. The number of amides is 2. The van der Waals surface area contributed by atoms with E-state index in [1.165, 1.54) is 23.6 Å². The normalized spacial score (nSPS) is 35.8. The minimum atomic E-state index is -1.08. The first-order valence-electron chi connectivity index (χ1n) is 12.0. The van der Waals surface area contributed by atoms with Crippen molar-refractivity contribution >= 4 is 35.3 Å². The Morgan fingerprint density at radius 3 is 2.62 bits per heavy atom. The maximum absolute atomic E-state index is 12.9. The van der Waals surface area contributed by atoms with E-state index < -0.39 is 5.97 Å². The number of nitrogens with one attached hydrogen (secondary N) is 3. The fraction of sp³-hybridized carbons (Fsp3) is 0.739. The molecule has 0 aromatic carbocycles. The van der Waals surface area contributed by atoms with Crippen LogP contribution in [-0.4, -0.2) is 82.6 Å². The summed E-state index contributed by atoms with van der Waals surface area (Å²) in [5, 5.41) is 19.6. The molecule has 0 aromatic heterocycles. The van der Waals surface area contributed by atoms with Gasteiger partial charge in [0.15, 0.2) is 0 Å². The summed E-state index contributed by atoms with van der Waals surface area (Å²) in [4.78, 5) is 51.1. The second kappa shape index (κ2) is 9.96. The smallest absolute Gasteiger partial charge is 0.353 e. The minimum Gasteiger partial charge on any atom is -0.477 e. The molecule has 2 amide bonds. The maximum Gasteiger partial charge on any atom is 0.353 e. The maximum atomic E-state index is 12.9. The van der Waals surface area contributed by atoms with Crippen molar-refractivity contribution in [2.45, 2.75) is 69.5 Å². The van der Waals surface area contributed by atoms with Gasteiger partial charge in [-0.2, -0.15) is 0 Å². The zero-order valence-electron chi connectivity index (χ0n) is 19.9. The first-order valence-corrected chi connectivity index (χ1v) is 12.9. The van der Waals surface area contributed by atoms with Gasteiger partial charge in [0.2, 0.25) is 11.8 Å². The van der Waals surface area contributed by atoms with Crippen LogP contribution in [0.15, 0.2) is 10.6 Å². The number of carboxylic acid groups (broad SMARTS) is 1. The Labute approximate surface area is 203 Å². The van der Waals surface area contributed by atoms with Gasteiger partial charge in [0.05, 0.1) is 18.0 Å². The topological polar surface area (TPSA) is 154 Å². The number of Topliss-reactive ketones (excluding diaryl/α,β-unsaturated/α-hetero) is 1.